The minimum atomic E-state index is -4.58. The second-order valence-electron chi connectivity index (χ2n) is 5.61. The van der Waals surface area contributed by atoms with Crippen molar-refractivity contribution in [2.45, 2.75) is 25.3 Å². The molecule has 3 aromatic heterocycles. The summed E-state index contributed by atoms with van der Waals surface area (Å²) in [7, 11) is 0. The van der Waals surface area contributed by atoms with E-state index in [9.17, 15) is 26.3 Å². The van der Waals surface area contributed by atoms with Gasteiger partial charge in [0.25, 0.3) is 0 Å². The molecule has 29 heavy (non-hydrogen) atoms. The third-order valence-corrected chi connectivity index (χ3v) is 3.74. The first kappa shape index (κ1) is 22.4. The number of nitrogens with two attached hydrogens (primary N) is 1. The predicted octanol–water partition coefficient (Wildman–Crippen LogP) is 4.23. The van der Waals surface area contributed by atoms with Crippen LogP contribution in [0.4, 0.5) is 26.3 Å². The highest BCUT2D eigenvalue weighted by Gasteiger charge is 2.35. The lowest BCUT2D eigenvalue weighted by molar-refractivity contribution is -0.143. The Morgan fingerprint density at radius 2 is 1.86 bits per heavy atom. The third-order valence-electron chi connectivity index (χ3n) is 3.45. The van der Waals surface area contributed by atoms with Crippen molar-refractivity contribution >= 4 is 17.2 Å². The van der Waals surface area contributed by atoms with Crippen molar-refractivity contribution in [1.82, 2.24) is 19.6 Å². The average Bonchev–Trinajstić information content (AvgIpc) is 3.01. The van der Waals surface area contributed by atoms with Crippen LogP contribution in [0.15, 0.2) is 30.7 Å². The lowest BCUT2D eigenvalue weighted by Gasteiger charge is -2.12. The van der Waals surface area contributed by atoms with Gasteiger partial charge >= 0.3 is 12.4 Å². The first-order valence-corrected chi connectivity index (χ1v) is 8.03. The maximum Gasteiger partial charge on any atom is 0.418 e. The van der Waals surface area contributed by atoms with E-state index in [2.05, 4.69) is 20.8 Å². The minimum Gasteiger partial charge on any atom is -0.320 e. The first-order valence-electron chi connectivity index (χ1n) is 7.65. The van der Waals surface area contributed by atoms with Crippen molar-refractivity contribution in [3.63, 3.8) is 0 Å². The van der Waals surface area contributed by atoms with E-state index in [4.69, 9.17) is 16.9 Å². The number of nitrogens with zero attached hydrogens (tertiary/aromatic N) is 5. The van der Waals surface area contributed by atoms with Crippen molar-refractivity contribution in [2.75, 3.05) is 0 Å². The summed E-state index contributed by atoms with van der Waals surface area (Å²) in [6, 6.07) is 2.27. The third kappa shape index (κ3) is 5.12. The first-order chi connectivity index (χ1) is 13.4. The molecule has 0 saturated heterocycles. The largest absolute Gasteiger partial charge is 0.418 e. The summed E-state index contributed by atoms with van der Waals surface area (Å²) >= 11 is 5.98. The number of aromatic nitrogens is 4. The monoisotopic (exact) mass is 436 g/mol. The molecule has 0 bridgehead atoms. The van der Waals surface area contributed by atoms with E-state index in [0.717, 1.165) is 13.0 Å². The number of fused-ring (bicyclic) bond motifs is 1. The predicted molar refractivity (Wildman–Crippen MR) is 90.6 cm³/mol. The molecule has 6 nitrogen and oxygen atoms in total. The van der Waals surface area contributed by atoms with E-state index in [1.165, 1.54) is 29.2 Å². The summed E-state index contributed by atoms with van der Waals surface area (Å²) in [5.74, 6) is 0. The topological polar surface area (TPSA) is 92.9 Å². The Morgan fingerprint density at radius 1 is 1.24 bits per heavy atom. The molecule has 3 heterocycles. The van der Waals surface area contributed by atoms with Gasteiger partial charge in [-0.25, -0.2) is 9.50 Å². The van der Waals surface area contributed by atoms with Crippen molar-refractivity contribution in [3.05, 3.63) is 47.0 Å². The van der Waals surface area contributed by atoms with Gasteiger partial charge in [0.05, 0.1) is 29.1 Å². The fourth-order valence-electron chi connectivity index (χ4n) is 1.98. The summed E-state index contributed by atoms with van der Waals surface area (Å²) in [6.07, 6.45) is -5.05. The second-order valence-corrected chi connectivity index (χ2v) is 5.97. The van der Waals surface area contributed by atoms with Crippen LogP contribution < -0.4 is 5.73 Å². The number of halogens is 7. The lowest BCUT2D eigenvalue weighted by Crippen LogP contribution is -2.33. The molecule has 1 atom stereocenters. The van der Waals surface area contributed by atoms with Gasteiger partial charge in [-0.1, -0.05) is 11.6 Å². The number of pyridine rings is 1. The van der Waals surface area contributed by atoms with E-state index in [-0.39, 0.29) is 27.6 Å². The normalized spacial score (nSPS) is 12.8. The van der Waals surface area contributed by atoms with E-state index in [0.29, 0.717) is 0 Å². The van der Waals surface area contributed by atoms with Gasteiger partial charge in [0.2, 0.25) is 0 Å². The van der Waals surface area contributed by atoms with Gasteiger partial charge in [-0.05, 0) is 19.1 Å². The number of hydrogen-bond donors (Lipinski definition) is 1. The molecule has 0 spiro atoms. The van der Waals surface area contributed by atoms with Crippen LogP contribution in [0, 0.1) is 11.3 Å². The Balaban J connectivity index is 0.000000370. The summed E-state index contributed by atoms with van der Waals surface area (Å²) in [4.78, 5) is 7.70. The fourth-order valence-corrected chi connectivity index (χ4v) is 2.20. The van der Waals surface area contributed by atoms with Gasteiger partial charge in [-0.15, -0.1) is 0 Å². The maximum absolute atomic E-state index is 13.1. The molecule has 154 valence electrons. The van der Waals surface area contributed by atoms with Crippen LogP contribution >= 0.6 is 11.6 Å². The highest BCUT2D eigenvalue weighted by Crippen LogP contribution is 2.37. The Hall–Kier alpha value is -2.91. The summed E-state index contributed by atoms with van der Waals surface area (Å²) in [6.45, 7) is 0.903. The van der Waals surface area contributed by atoms with Gasteiger partial charge in [-0.2, -0.15) is 36.7 Å². The van der Waals surface area contributed by atoms with Crippen molar-refractivity contribution in [2.24, 2.45) is 5.73 Å². The smallest absolute Gasteiger partial charge is 0.320 e. The SMILES string of the molecule is C[C@H](N)C(F)(F)F.N#Cc1cnn2cc(-c3ncccc3C(F)(F)F)c(Cl)nc12. The van der Waals surface area contributed by atoms with Crippen LogP contribution in [0.1, 0.15) is 18.1 Å². The van der Waals surface area contributed by atoms with E-state index >= 15 is 0 Å². The average molecular weight is 437 g/mol. The van der Waals surface area contributed by atoms with Gasteiger partial charge in [0.15, 0.2) is 5.65 Å². The van der Waals surface area contributed by atoms with Crippen LogP contribution in [0.2, 0.25) is 5.15 Å². The molecule has 3 aromatic rings. The molecule has 0 aliphatic heterocycles. The second kappa shape index (κ2) is 8.22. The molecule has 0 unspecified atom stereocenters. The molecule has 2 N–H and O–H groups in total. The molecule has 3 rings (SSSR count). The molecule has 0 amide bonds. The Kier molecular flexibility index (Phi) is 6.34. The molecule has 0 saturated carbocycles. The lowest BCUT2D eigenvalue weighted by atomic mass is 10.1. The standard InChI is InChI=1S/C13H5ClF3N5.C3H6F3N/c14-11-8(6-22-12(21-11)7(4-18)5-20-22)10-9(13(15,16)17)2-1-3-19-10;1-2(7)3(4,5)6/h1-3,5-6H;2H,7H2,1H3/t;2-/m.0/s1. The van der Waals surface area contributed by atoms with Crippen molar-refractivity contribution < 1.29 is 26.3 Å². The van der Waals surface area contributed by atoms with E-state index < -0.39 is 24.0 Å². The summed E-state index contributed by atoms with van der Waals surface area (Å²) < 4.78 is 73.6. The van der Waals surface area contributed by atoms with Crippen LogP contribution in [-0.2, 0) is 6.18 Å². The zero-order valence-corrected chi connectivity index (χ0v) is 15.2. The highest BCUT2D eigenvalue weighted by atomic mass is 35.5. The number of rotatable bonds is 1. The van der Waals surface area contributed by atoms with Crippen molar-refractivity contribution in [3.8, 4) is 17.3 Å². The number of alkyl halides is 6. The molecule has 13 heteroatoms. The molecule has 0 aromatic carbocycles. The van der Waals surface area contributed by atoms with Crippen LogP contribution in [0.25, 0.3) is 16.9 Å². The number of nitriles is 1. The molecule has 0 aliphatic rings. The quantitative estimate of drug-likeness (QED) is 0.455. The van der Waals surface area contributed by atoms with Crippen molar-refractivity contribution in [1.29, 1.82) is 5.26 Å². The molecule has 0 fully saturated rings. The summed E-state index contributed by atoms with van der Waals surface area (Å²) in [5, 5.41) is 12.6. The van der Waals surface area contributed by atoms with E-state index in [1.807, 2.05) is 6.07 Å². The van der Waals surface area contributed by atoms with Gasteiger partial charge in [0.1, 0.15) is 16.8 Å². The van der Waals surface area contributed by atoms with Crippen LogP contribution in [0.3, 0.4) is 0 Å². The Bertz CT molecular complexity index is 1050. The van der Waals surface area contributed by atoms with Crippen LogP contribution in [-0.4, -0.2) is 31.8 Å². The van der Waals surface area contributed by atoms with Gasteiger partial charge in [0, 0.05) is 12.4 Å². The molecule has 0 aliphatic carbocycles. The van der Waals surface area contributed by atoms with Gasteiger partial charge in [-0.3, -0.25) is 4.98 Å². The Morgan fingerprint density at radius 3 is 2.38 bits per heavy atom. The van der Waals surface area contributed by atoms with Gasteiger partial charge < -0.3 is 5.73 Å². The summed E-state index contributed by atoms with van der Waals surface area (Å²) in [5.41, 5.74) is 3.50. The van der Waals surface area contributed by atoms with E-state index in [1.54, 1.807) is 0 Å². The maximum atomic E-state index is 13.1. The molecular formula is C16H11ClF6N6. The highest BCUT2D eigenvalue weighted by molar-refractivity contribution is 6.32. The Labute approximate surface area is 164 Å². The minimum absolute atomic E-state index is 0.0188. The fraction of sp³-hybridized carbons (Fsp3) is 0.250. The van der Waals surface area contributed by atoms with Crippen LogP contribution in [0.5, 0.6) is 0 Å². The number of hydrogen-bond acceptors (Lipinski definition) is 5. The molecular weight excluding hydrogens is 426 g/mol. The zero-order valence-electron chi connectivity index (χ0n) is 14.4. The molecule has 0 radical (unpaired) electrons. The zero-order chi connectivity index (χ0) is 22.0.